The molecule has 0 radical (unpaired) electrons. The quantitative estimate of drug-likeness (QED) is 0.848. The Morgan fingerprint density at radius 1 is 1.23 bits per heavy atom. The third kappa shape index (κ3) is 3.03. The Morgan fingerprint density at radius 2 is 2.00 bits per heavy atom. The van der Waals surface area contributed by atoms with Gasteiger partial charge in [-0.15, -0.1) is 11.3 Å². The standard InChI is InChI=1S/C16H23N3O2S/c1-2-17-8-10-18(11-9-17)15(20)13-5-3-7-19(13)16(21)14-6-4-12-22-14/h4,6,12-13H,2-3,5,7-11H2,1H3. The molecular formula is C16H23N3O2S. The zero-order valence-corrected chi connectivity index (χ0v) is 13.8. The number of likely N-dealkylation sites (N-methyl/N-ethyl adjacent to an activating group) is 1. The fourth-order valence-electron chi connectivity index (χ4n) is 3.30. The number of piperazine rings is 1. The summed E-state index contributed by atoms with van der Waals surface area (Å²) in [5, 5.41) is 1.91. The van der Waals surface area contributed by atoms with E-state index in [0.29, 0.717) is 6.54 Å². The molecule has 0 aromatic carbocycles. The molecule has 0 spiro atoms. The third-order valence-corrected chi connectivity index (χ3v) is 5.52. The lowest BCUT2D eigenvalue weighted by molar-refractivity contribution is -0.137. The molecule has 3 heterocycles. The minimum atomic E-state index is -0.261. The highest BCUT2D eigenvalue weighted by Crippen LogP contribution is 2.24. The first-order chi connectivity index (χ1) is 10.7. The average Bonchev–Trinajstić information content (AvgIpc) is 3.25. The van der Waals surface area contributed by atoms with Crippen molar-refractivity contribution < 1.29 is 9.59 Å². The molecule has 2 aliphatic rings. The molecule has 2 saturated heterocycles. The van der Waals surface area contributed by atoms with Gasteiger partial charge in [0.2, 0.25) is 5.91 Å². The van der Waals surface area contributed by atoms with Gasteiger partial charge in [0, 0.05) is 32.7 Å². The van der Waals surface area contributed by atoms with E-state index in [4.69, 9.17) is 0 Å². The van der Waals surface area contributed by atoms with Crippen molar-refractivity contribution in [3.8, 4) is 0 Å². The predicted molar refractivity (Wildman–Crippen MR) is 87.1 cm³/mol. The normalized spacial score (nSPS) is 23.0. The number of nitrogens with zero attached hydrogens (tertiary/aromatic N) is 3. The Labute approximate surface area is 135 Å². The van der Waals surface area contributed by atoms with Gasteiger partial charge in [-0.3, -0.25) is 9.59 Å². The number of thiophene rings is 1. The maximum absolute atomic E-state index is 12.8. The summed E-state index contributed by atoms with van der Waals surface area (Å²) in [7, 11) is 0. The third-order valence-electron chi connectivity index (χ3n) is 4.66. The van der Waals surface area contributed by atoms with Crippen LogP contribution >= 0.6 is 11.3 Å². The highest BCUT2D eigenvalue weighted by Gasteiger charge is 2.37. The molecule has 2 aliphatic heterocycles. The van der Waals surface area contributed by atoms with Gasteiger partial charge in [-0.1, -0.05) is 13.0 Å². The molecule has 120 valence electrons. The van der Waals surface area contributed by atoms with Crippen LogP contribution in [-0.2, 0) is 4.79 Å². The van der Waals surface area contributed by atoms with E-state index in [1.165, 1.54) is 11.3 Å². The summed E-state index contributed by atoms with van der Waals surface area (Å²) < 4.78 is 0. The van der Waals surface area contributed by atoms with Crippen molar-refractivity contribution in [3.63, 3.8) is 0 Å². The van der Waals surface area contributed by atoms with Crippen LogP contribution in [0, 0.1) is 0 Å². The molecular weight excluding hydrogens is 298 g/mol. The number of likely N-dealkylation sites (tertiary alicyclic amines) is 1. The van der Waals surface area contributed by atoms with E-state index >= 15 is 0 Å². The lowest BCUT2D eigenvalue weighted by Crippen LogP contribution is -2.54. The van der Waals surface area contributed by atoms with Gasteiger partial charge in [-0.05, 0) is 30.8 Å². The molecule has 1 aromatic rings. The Balaban J connectivity index is 1.65. The summed E-state index contributed by atoms with van der Waals surface area (Å²) in [5.74, 6) is 0.149. The van der Waals surface area contributed by atoms with Crippen molar-refractivity contribution in [1.82, 2.24) is 14.7 Å². The lowest BCUT2D eigenvalue weighted by atomic mass is 10.1. The molecule has 1 atom stereocenters. The second kappa shape index (κ2) is 6.79. The van der Waals surface area contributed by atoms with Gasteiger partial charge in [0.1, 0.15) is 6.04 Å². The summed E-state index contributed by atoms with van der Waals surface area (Å²) in [6.45, 7) is 7.32. The van der Waals surface area contributed by atoms with Crippen molar-refractivity contribution in [2.24, 2.45) is 0 Å². The van der Waals surface area contributed by atoms with E-state index in [9.17, 15) is 9.59 Å². The highest BCUT2D eigenvalue weighted by atomic mass is 32.1. The maximum atomic E-state index is 12.8. The molecule has 0 bridgehead atoms. The van der Waals surface area contributed by atoms with Crippen LogP contribution in [0.4, 0.5) is 0 Å². The Hall–Kier alpha value is -1.40. The van der Waals surface area contributed by atoms with Crippen LogP contribution < -0.4 is 0 Å². The van der Waals surface area contributed by atoms with Crippen molar-refractivity contribution in [2.45, 2.75) is 25.8 Å². The number of hydrogen-bond donors (Lipinski definition) is 0. The largest absolute Gasteiger partial charge is 0.338 e. The number of rotatable bonds is 3. The summed E-state index contributed by atoms with van der Waals surface area (Å²) in [5.41, 5.74) is 0. The van der Waals surface area contributed by atoms with E-state index in [1.807, 2.05) is 22.4 Å². The summed E-state index contributed by atoms with van der Waals surface area (Å²) in [6.07, 6.45) is 1.71. The molecule has 0 aliphatic carbocycles. The van der Waals surface area contributed by atoms with Crippen LogP contribution in [-0.4, -0.2) is 71.8 Å². The predicted octanol–water partition coefficient (Wildman–Crippen LogP) is 1.52. The number of amides is 2. The Morgan fingerprint density at radius 3 is 2.64 bits per heavy atom. The smallest absolute Gasteiger partial charge is 0.264 e. The van der Waals surface area contributed by atoms with Crippen molar-refractivity contribution in [3.05, 3.63) is 22.4 Å². The van der Waals surface area contributed by atoms with E-state index in [2.05, 4.69) is 11.8 Å². The van der Waals surface area contributed by atoms with Gasteiger partial charge >= 0.3 is 0 Å². The van der Waals surface area contributed by atoms with Crippen LogP contribution in [0.1, 0.15) is 29.4 Å². The first kappa shape index (κ1) is 15.5. The van der Waals surface area contributed by atoms with Crippen molar-refractivity contribution in [1.29, 1.82) is 0 Å². The molecule has 2 fully saturated rings. The second-order valence-electron chi connectivity index (χ2n) is 5.89. The van der Waals surface area contributed by atoms with Crippen molar-refractivity contribution >= 4 is 23.2 Å². The monoisotopic (exact) mass is 321 g/mol. The first-order valence-corrected chi connectivity index (χ1v) is 8.94. The Kier molecular flexibility index (Phi) is 4.78. The second-order valence-corrected chi connectivity index (χ2v) is 6.84. The summed E-state index contributed by atoms with van der Waals surface area (Å²) in [4.78, 5) is 32.2. The molecule has 1 unspecified atom stereocenters. The topological polar surface area (TPSA) is 43.9 Å². The van der Waals surface area contributed by atoms with Gasteiger partial charge in [-0.25, -0.2) is 0 Å². The zero-order chi connectivity index (χ0) is 15.5. The minimum Gasteiger partial charge on any atom is -0.338 e. The van der Waals surface area contributed by atoms with Gasteiger partial charge in [0.25, 0.3) is 5.91 Å². The molecule has 1 aromatic heterocycles. The van der Waals surface area contributed by atoms with E-state index < -0.39 is 0 Å². The van der Waals surface area contributed by atoms with Gasteiger partial charge < -0.3 is 14.7 Å². The molecule has 2 amide bonds. The van der Waals surface area contributed by atoms with Gasteiger partial charge in [0.05, 0.1) is 4.88 Å². The fourth-order valence-corrected chi connectivity index (χ4v) is 3.98. The van der Waals surface area contributed by atoms with Crippen LogP contribution in [0.2, 0.25) is 0 Å². The first-order valence-electron chi connectivity index (χ1n) is 8.06. The SMILES string of the molecule is CCN1CCN(C(=O)C2CCCN2C(=O)c2cccs2)CC1. The zero-order valence-electron chi connectivity index (χ0n) is 13.0. The number of carbonyl (C=O) groups is 2. The van der Waals surface area contributed by atoms with Crippen LogP contribution in [0.3, 0.4) is 0 Å². The number of carbonyl (C=O) groups excluding carboxylic acids is 2. The van der Waals surface area contributed by atoms with Gasteiger partial charge in [-0.2, -0.15) is 0 Å². The fraction of sp³-hybridized carbons (Fsp3) is 0.625. The minimum absolute atomic E-state index is 0.0121. The lowest BCUT2D eigenvalue weighted by Gasteiger charge is -2.36. The molecule has 3 rings (SSSR count). The summed E-state index contributed by atoms with van der Waals surface area (Å²) >= 11 is 1.45. The summed E-state index contributed by atoms with van der Waals surface area (Å²) in [6, 6.07) is 3.46. The van der Waals surface area contributed by atoms with E-state index in [0.717, 1.165) is 50.4 Å². The highest BCUT2D eigenvalue weighted by molar-refractivity contribution is 7.12. The van der Waals surface area contributed by atoms with Crippen LogP contribution in [0.15, 0.2) is 17.5 Å². The molecule has 0 saturated carbocycles. The maximum Gasteiger partial charge on any atom is 0.264 e. The van der Waals surface area contributed by atoms with E-state index in [1.54, 1.807) is 4.90 Å². The average molecular weight is 321 g/mol. The van der Waals surface area contributed by atoms with Crippen LogP contribution in [0.25, 0.3) is 0 Å². The Bertz CT molecular complexity index is 524. The molecule has 6 heteroatoms. The molecule has 5 nitrogen and oxygen atoms in total. The molecule has 0 N–H and O–H groups in total. The molecule has 22 heavy (non-hydrogen) atoms. The van der Waals surface area contributed by atoms with Crippen LogP contribution in [0.5, 0.6) is 0 Å². The number of hydrogen-bond acceptors (Lipinski definition) is 4. The van der Waals surface area contributed by atoms with Gasteiger partial charge in [0.15, 0.2) is 0 Å². The van der Waals surface area contributed by atoms with Crippen molar-refractivity contribution in [2.75, 3.05) is 39.3 Å². The van der Waals surface area contributed by atoms with E-state index in [-0.39, 0.29) is 17.9 Å².